The van der Waals surface area contributed by atoms with Crippen LogP contribution >= 0.6 is 45.8 Å². The number of barbiturate groups is 1. The van der Waals surface area contributed by atoms with Gasteiger partial charge in [-0.2, -0.15) is 0 Å². The number of halogens is 3. The molecule has 0 radical (unpaired) electrons. The van der Waals surface area contributed by atoms with Crippen molar-refractivity contribution in [2.24, 2.45) is 0 Å². The first-order valence-corrected chi connectivity index (χ1v) is 13.1. The van der Waals surface area contributed by atoms with Gasteiger partial charge in [-0.05, 0) is 83.1 Å². The Bertz CT molecular complexity index is 1540. The number of ether oxygens (including phenoxy) is 2. The molecule has 1 fully saturated rings. The minimum Gasteiger partial charge on any atom is -0.493 e. The van der Waals surface area contributed by atoms with E-state index >= 15 is 0 Å². The highest BCUT2D eigenvalue weighted by Gasteiger charge is 2.37. The summed E-state index contributed by atoms with van der Waals surface area (Å²) < 4.78 is 11.7. The molecule has 1 aliphatic heterocycles. The Morgan fingerprint density at radius 2 is 1.85 bits per heavy atom. The van der Waals surface area contributed by atoms with Crippen molar-refractivity contribution < 1.29 is 28.7 Å². The molecule has 0 spiro atoms. The molecule has 0 saturated carbocycles. The van der Waals surface area contributed by atoms with E-state index in [0.29, 0.717) is 36.2 Å². The van der Waals surface area contributed by atoms with Gasteiger partial charge in [0.2, 0.25) is 0 Å². The molecule has 0 unspecified atom stereocenters. The molecule has 5 amide bonds. The Morgan fingerprint density at radius 3 is 2.56 bits per heavy atom. The number of imide groups is 2. The van der Waals surface area contributed by atoms with Crippen LogP contribution in [0.25, 0.3) is 6.08 Å². The second-order valence-corrected chi connectivity index (χ2v) is 10.2. The summed E-state index contributed by atoms with van der Waals surface area (Å²) in [5.41, 5.74) is 1.49. The Labute approximate surface area is 247 Å². The largest absolute Gasteiger partial charge is 0.493 e. The third-order valence-electron chi connectivity index (χ3n) is 5.57. The third kappa shape index (κ3) is 6.35. The van der Waals surface area contributed by atoms with Crippen LogP contribution in [-0.2, 0) is 14.4 Å². The molecule has 1 heterocycles. The van der Waals surface area contributed by atoms with Crippen LogP contribution < -0.4 is 25.0 Å². The summed E-state index contributed by atoms with van der Waals surface area (Å²) in [4.78, 5) is 51.7. The molecule has 0 atom stereocenters. The van der Waals surface area contributed by atoms with Crippen LogP contribution in [0.4, 0.5) is 16.2 Å². The van der Waals surface area contributed by atoms with Gasteiger partial charge in [0, 0.05) is 5.02 Å². The quantitative estimate of drug-likeness (QED) is 0.191. The molecule has 39 heavy (non-hydrogen) atoms. The van der Waals surface area contributed by atoms with Gasteiger partial charge in [-0.15, -0.1) is 0 Å². The zero-order valence-electron chi connectivity index (χ0n) is 20.5. The molecule has 9 nitrogen and oxygen atoms in total. The molecule has 2 N–H and O–H groups in total. The number of amides is 5. The van der Waals surface area contributed by atoms with Gasteiger partial charge in [0.1, 0.15) is 5.57 Å². The number of nitrogens with one attached hydrogen (secondary N) is 2. The highest BCUT2D eigenvalue weighted by Crippen LogP contribution is 2.35. The molecule has 3 aromatic rings. The second-order valence-electron chi connectivity index (χ2n) is 8.24. The smallest absolute Gasteiger partial charge is 0.335 e. The maximum absolute atomic E-state index is 13.3. The van der Waals surface area contributed by atoms with Gasteiger partial charge < -0.3 is 14.8 Å². The number of rotatable bonds is 7. The molecule has 0 aliphatic carbocycles. The van der Waals surface area contributed by atoms with Crippen LogP contribution in [-0.4, -0.2) is 37.5 Å². The monoisotopic (exact) mass is 679 g/mol. The molecule has 3 aromatic carbocycles. The number of carbonyl (C=O) groups excluding carboxylic acids is 4. The zero-order chi connectivity index (χ0) is 28.3. The van der Waals surface area contributed by atoms with E-state index in [2.05, 4.69) is 10.6 Å². The van der Waals surface area contributed by atoms with Crippen molar-refractivity contribution in [1.82, 2.24) is 5.32 Å². The van der Waals surface area contributed by atoms with Crippen molar-refractivity contribution >= 4 is 87.0 Å². The molecule has 12 heteroatoms. The maximum Gasteiger partial charge on any atom is 0.335 e. The van der Waals surface area contributed by atoms with Gasteiger partial charge >= 0.3 is 6.03 Å². The number of hydrogen-bond acceptors (Lipinski definition) is 6. The third-order valence-corrected chi connectivity index (χ3v) is 6.94. The van der Waals surface area contributed by atoms with Crippen LogP contribution in [0.1, 0.15) is 11.1 Å². The molecular formula is C27H20Cl2IN3O6. The van der Waals surface area contributed by atoms with Crippen LogP contribution in [0.2, 0.25) is 10.0 Å². The van der Waals surface area contributed by atoms with Crippen molar-refractivity contribution in [3.05, 3.63) is 84.9 Å². The number of methoxy groups -OCH3 is 1. The molecule has 200 valence electrons. The van der Waals surface area contributed by atoms with Gasteiger partial charge in [-0.3, -0.25) is 19.7 Å². The maximum atomic E-state index is 13.3. The van der Waals surface area contributed by atoms with Crippen molar-refractivity contribution in [2.45, 2.75) is 6.92 Å². The number of nitrogens with zero attached hydrogens (tertiary/aromatic N) is 1. The topological polar surface area (TPSA) is 114 Å². The normalized spacial score (nSPS) is 14.3. The van der Waals surface area contributed by atoms with E-state index in [1.165, 1.54) is 19.3 Å². The number of hydrogen-bond donors (Lipinski definition) is 2. The summed E-state index contributed by atoms with van der Waals surface area (Å²) in [5, 5.41) is 5.58. The highest BCUT2D eigenvalue weighted by molar-refractivity contribution is 14.1. The fourth-order valence-electron chi connectivity index (χ4n) is 3.72. The van der Waals surface area contributed by atoms with E-state index in [0.717, 1.165) is 4.90 Å². The van der Waals surface area contributed by atoms with Gasteiger partial charge in [0.05, 0.1) is 27.1 Å². The van der Waals surface area contributed by atoms with Gasteiger partial charge in [-0.1, -0.05) is 41.4 Å². The average Bonchev–Trinajstić information content (AvgIpc) is 2.89. The van der Waals surface area contributed by atoms with E-state index in [9.17, 15) is 19.2 Å². The molecule has 1 saturated heterocycles. The Morgan fingerprint density at radius 1 is 1.10 bits per heavy atom. The summed E-state index contributed by atoms with van der Waals surface area (Å²) in [6, 6.07) is 13.9. The lowest BCUT2D eigenvalue weighted by Gasteiger charge is -2.27. The Balaban J connectivity index is 1.58. The first kappa shape index (κ1) is 28.4. The second kappa shape index (κ2) is 12.1. The van der Waals surface area contributed by atoms with Gasteiger partial charge in [0.15, 0.2) is 18.1 Å². The Hall–Kier alpha value is -3.61. The fraction of sp³-hybridized carbons (Fsp3) is 0.111. The van der Waals surface area contributed by atoms with Crippen molar-refractivity contribution in [2.75, 3.05) is 23.9 Å². The van der Waals surface area contributed by atoms with Crippen LogP contribution in [0.5, 0.6) is 11.5 Å². The molecular weight excluding hydrogens is 660 g/mol. The van der Waals surface area contributed by atoms with Crippen LogP contribution in [0.3, 0.4) is 0 Å². The fourth-order valence-corrected chi connectivity index (χ4v) is 4.85. The lowest BCUT2D eigenvalue weighted by Crippen LogP contribution is -2.54. The summed E-state index contributed by atoms with van der Waals surface area (Å²) in [5.74, 6) is -1.52. The summed E-state index contributed by atoms with van der Waals surface area (Å²) in [6.45, 7) is 1.39. The first-order chi connectivity index (χ1) is 18.6. The molecule has 0 aromatic heterocycles. The number of urea groups is 1. The number of benzene rings is 3. The van der Waals surface area contributed by atoms with E-state index in [-0.39, 0.29) is 23.6 Å². The summed E-state index contributed by atoms with van der Waals surface area (Å²) in [6.07, 6.45) is 1.34. The summed E-state index contributed by atoms with van der Waals surface area (Å²) >= 11 is 14.1. The van der Waals surface area contributed by atoms with E-state index in [1.54, 1.807) is 55.5 Å². The van der Waals surface area contributed by atoms with E-state index < -0.39 is 23.8 Å². The van der Waals surface area contributed by atoms with Crippen molar-refractivity contribution in [3.63, 3.8) is 0 Å². The lowest BCUT2D eigenvalue weighted by atomic mass is 10.1. The zero-order valence-corrected chi connectivity index (χ0v) is 24.2. The number of carbonyl (C=O) groups is 4. The molecule has 1 aliphatic rings. The number of aryl methyl sites for hydroxylation is 1. The standard InChI is InChI=1S/C27H20Cl2IN3O6/c1-14-7-8-16(28)12-21(14)33-26(36)17(25(35)32-27(33)37)9-15-10-19(30)24(22(11-15)38-2)39-13-23(34)31-20-6-4-3-5-18(20)29/h3-12H,13H2,1-2H3,(H,31,34)(H,32,35,37)/b17-9+. The van der Waals surface area contributed by atoms with Gasteiger partial charge in [-0.25, -0.2) is 9.69 Å². The molecule has 0 bridgehead atoms. The average molecular weight is 680 g/mol. The highest BCUT2D eigenvalue weighted by atomic mass is 127. The number of para-hydroxylation sites is 1. The van der Waals surface area contributed by atoms with Crippen LogP contribution in [0.15, 0.2) is 60.2 Å². The van der Waals surface area contributed by atoms with E-state index in [1.807, 2.05) is 22.6 Å². The predicted octanol–water partition coefficient (Wildman–Crippen LogP) is 5.60. The lowest BCUT2D eigenvalue weighted by molar-refractivity contribution is -0.122. The first-order valence-electron chi connectivity index (χ1n) is 11.3. The number of anilines is 2. The van der Waals surface area contributed by atoms with Crippen molar-refractivity contribution in [3.8, 4) is 11.5 Å². The predicted molar refractivity (Wildman–Crippen MR) is 156 cm³/mol. The minimum absolute atomic E-state index is 0.259. The SMILES string of the molecule is COc1cc(/C=C2\C(=O)NC(=O)N(c3cc(Cl)ccc3C)C2=O)cc(I)c1OCC(=O)Nc1ccccc1Cl. The van der Waals surface area contributed by atoms with Crippen molar-refractivity contribution in [1.29, 1.82) is 0 Å². The summed E-state index contributed by atoms with van der Waals surface area (Å²) in [7, 11) is 1.42. The van der Waals surface area contributed by atoms with E-state index in [4.69, 9.17) is 32.7 Å². The minimum atomic E-state index is -0.876. The molecule has 4 rings (SSSR count). The Kier molecular flexibility index (Phi) is 8.78. The van der Waals surface area contributed by atoms with Crippen LogP contribution in [0, 0.1) is 10.5 Å². The van der Waals surface area contributed by atoms with Gasteiger partial charge in [0.25, 0.3) is 17.7 Å².